The predicted molar refractivity (Wildman–Crippen MR) is 91.4 cm³/mol. The molecule has 1 heterocycles. The van der Waals surface area contributed by atoms with Crippen LogP contribution in [-0.4, -0.2) is 42.5 Å². The standard InChI is InChI=1S/C15H20N2O2S2/c1-3-9-17(14-8-10-21(18,19)11-14)15(20)16-13-6-4-12(2)5-7-13/h3-7,14H,1,8-11H2,2H3,(H,16,20)/t14-/m0/s1. The van der Waals surface area contributed by atoms with Crippen LogP contribution in [0.25, 0.3) is 0 Å². The van der Waals surface area contributed by atoms with Gasteiger partial charge in [-0.05, 0) is 37.7 Å². The average Bonchev–Trinajstić information content (AvgIpc) is 2.78. The average molecular weight is 324 g/mol. The van der Waals surface area contributed by atoms with Gasteiger partial charge in [-0.25, -0.2) is 8.42 Å². The van der Waals surface area contributed by atoms with Crippen LogP contribution < -0.4 is 5.32 Å². The third-order valence-electron chi connectivity index (χ3n) is 3.54. The molecule has 0 aromatic heterocycles. The van der Waals surface area contributed by atoms with Gasteiger partial charge in [-0.2, -0.15) is 0 Å². The summed E-state index contributed by atoms with van der Waals surface area (Å²) in [6, 6.07) is 7.85. The van der Waals surface area contributed by atoms with Gasteiger partial charge < -0.3 is 10.2 Å². The first-order valence-electron chi connectivity index (χ1n) is 6.87. The summed E-state index contributed by atoms with van der Waals surface area (Å²) in [4.78, 5) is 1.91. The Labute approximate surface area is 131 Å². The maximum atomic E-state index is 11.7. The monoisotopic (exact) mass is 324 g/mol. The summed E-state index contributed by atoms with van der Waals surface area (Å²) in [6.45, 7) is 6.29. The maximum absolute atomic E-state index is 11.7. The largest absolute Gasteiger partial charge is 0.341 e. The number of anilines is 1. The van der Waals surface area contributed by atoms with Gasteiger partial charge >= 0.3 is 0 Å². The number of rotatable bonds is 4. The van der Waals surface area contributed by atoms with Crippen molar-refractivity contribution >= 4 is 32.9 Å². The van der Waals surface area contributed by atoms with Gasteiger partial charge in [-0.15, -0.1) is 6.58 Å². The second kappa shape index (κ2) is 6.58. The first-order valence-corrected chi connectivity index (χ1v) is 9.10. The molecule has 1 aliphatic rings. The minimum absolute atomic E-state index is 0.0709. The van der Waals surface area contributed by atoms with Crippen LogP contribution >= 0.6 is 12.2 Å². The lowest BCUT2D eigenvalue weighted by atomic mass is 10.2. The highest BCUT2D eigenvalue weighted by molar-refractivity contribution is 7.91. The molecule has 0 radical (unpaired) electrons. The molecule has 0 aliphatic carbocycles. The Morgan fingerprint density at radius 1 is 1.48 bits per heavy atom. The Balaban J connectivity index is 2.09. The summed E-state index contributed by atoms with van der Waals surface area (Å²) < 4.78 is 23.3. The summed E-state index contributed by atoms with van der Waals surface area (Å²) >= 11 is 5.44. The fraction of sp³-hybridized carbons (Fsp3) is 0.400. The van der Waals surface area contributed by atoms with Crippen molar-refractivity contribution in [2.75, 3.05) is 23.4 Å². The van der Waals surface area contributed by atoms with Crippen molar-refractivity contribution in [3.8, 4) is 0 Å². The lowest BCUT2D eigenvalue weighted by molar-refractivity contribution is 0.370. The van der Waals surface area contributed by atoms with Gasteiger partial charge in [-0.1, -0.05) is 23.8 Å². The van der Waals surface area contributed by atoms with Gasteiger partial charge in [-0.3, -0.25) is 0 Å². The summed E-state index contributed by atoms with van der Waals surface area (Å²) in [5, 5.41) is 3.72. The molecule has 1 atom stereocenters. The van der Waals surface area contributed by atoms with Crippen LogP contribution in [0, 0.1) is 6.92 Å². The molecule has 1 aromatic rings. The Morgan fingerprint density at radius 3 is 2.67 bits per heavy atom. The molecule has 4 nitrogen and oxygen atoms in total. The minimum atomic E-state index is -2.93. The third-order valence-corrected chi connectivity index (χ3v) is 5.63. The number of aryl methyl sites for hydroxylation is 1. The molecule has 114 valence electrons. The van der Waals surface area contributed by atoms with Crippen LogP contribution in [0.1, 0.15) is 12.0 Å². The van der Waals surface area contributed by atoms with E-state index in [1.807, 2.05) is 36.1 Å². The van der Waals surface area contributed by atoms with E-state index in [9.17, 15) is 8.42 Å². The van der Waals surface area contributed by atoms with Crippen molar-refractivity contribution in [1.82, 2.24) is 4.90 Å². The lowest BCUT2D eigenvalue weighted by Crippen LogP contribution is -2.43. The summed E-state index contributed by atoms with van der Waals surface area (Å²) in [5.41, 5.74) is 2.08. The molecular weight excluding hydrogens is 304 g/mol. The smallest absolute Gasteiger partial charge is 0.173 e. The highest BCUT2D eigenvalue weighted by Gasteiger charge is 2.32. The number of nitrogens with one attached hydrogen (secondary N) is 1. The topological polar surface area (TPSA) is 49.4 Å². The number of sulfone groups is 1. The molecule has 0 amide bonds. The molecule has 1 saturated heterocycles. The summed E-state index contributed by atoms with van der Waals surface area (Å²) in [7, 11) is -2.93. The summed E-state index contributed by atoms with van der Waals surface area (Å²) in [6.07, 6.45) is 2.36. The molecule has 21 heavy (non-hydrogen) atoms. The van der Waals surface area contributed by atoms with Crippen molar-refractivity contribution < 1.29 is 8.42 Å². The number of benzene rings is 1. The van der Waals surface area contributed by atoms with Crippen LogP contribution in [0.15, 0.2) is 36.9 Å². The van der Waals surface area contributed by atoms with E-state index in [1.165, 1.54) is 5.56 Å². The Morgan fingerprint density at radius 2 is 2.14 bits per heavy atom. The van der Waals surface area contributed by atoms with Crippen molar-refractivity contribution in [3.63, 3.8) is 0 Å². The molecular formula is C15H20N2O2S2. The Kier molecular flexibility index (Phi) is 5.00. The molecule has 1 aliphatic heterocycles. The zero-order valence-corrected chi connectivity index (χ0v) is 13.7. The van der Waals surface area contributed by atoms with Crippen molar-refractivity contribution in [3.05, 3.63) is 42.5 Å². The summed E-state index contributed by atoms with van der Waals surface area (Å²) in [5.74, 6) is 0.398. The maximum Gasteiger partial charge on any atom is 0.173 e. The molecule has 1 aromatic carbocycles. The molecule has 0 saturated carbocycles. The first-order chi connectivity index (χ1) is 9.91. The highest BCUT2D eigenvalue weighted by Crippen LogP contribution is 2.19. The van der Waals surface area contributed by atoms with Crippen LogP contribution in [0.4, 0.5) is 5.69 Å². The zero-order valence-electron chi connectivity index (χ0n) is 12.1. The third kappa shape index (κ3) is 4.28. The molecule has 1 N–H and O–H groups in total. The number of thiocarbonyl (C=S) groups is 1. The van der Waals surface area contributed by atoms with Crippen LogP contribution in [0.5, 0.6) is 0 Å². The van der Waals surface area contributed by atoms with E-state index in [0.717, 1.165) is 5.69 Å². The molecule has 2 rings (SSSR count). The van der Waals surface area contributed by atoms with E-state index in [0.29, 0.717) is 18.1 Å². The van der Waals surface area contributed by atoms with E-state index < -0.39 is 9.84 Å². The fourth-order valence-electron chi connectivity index (χ4n) is 2.39. The highest BCUT2D eigenvalue weighted by atomic mass is 32.2. The Hall–Kier alpha value is -1.40. The number of hydrogen-bond donors (Lipinski definition) is 1. The molecule has 0 spiro atoms. The normalized spacial score (nSPS) is 20.0. The van der Waals surface area contributed by atoms with Crippen molar-refractivity contribution in [1.29, 1.82) is 0 Å². The van der Waals surface area contributed by atoms with Gasteiger partial charge in [0.15, 0.2) is 14.9 Å². The van der Waals surface area contributed by atoms with E-state index in [-0.39, 0.29) is 17.5 Å². The fourth-order valence-corrected chi connectivity index (χ4v) is 4.46. The van der Waals surface area contributed by atoms with E-state index >= 15 is 0 Å². The number of nitrogens with zero attached hydrogens (tertiary/aromatic N) is 1. The van der Waals surface area contributed by atoms with Gasteiger partial charge in [0, 0.05) is 18.3 Å². The van der Waals surface area contributed by atoms with Gasteiger partial charge in [0.2, 0.25) is 0 Å². The SMILES string of the molecule is C=CCN(C(=S)Nc1ccc(C)cc1)[C@H]1CCS(=O)(=O)C1. The van der Waals surface area contributed by atoms with Crippen molar-refractivity contribution in [2.24, 2.45) is 0 Å². The zero-order chi connectivity index (χ0) is 15.5. The lowest BCUT2D eigenvalue weighted by Gasteiger charge is -2.30. The molecule has 0 unspecified atom stereocenters. The van der Waals surface area contributed by atoms with Crippen molar-refractivity contribution in [2.45, 2.75) is 19.4 Å². The van der Waals surface area contributed by atoms with Crippen LogP contribution in [0.3, 0.4) is 0 Å². The van der Waals surface area contributed by atoms with Gasteiger partial charge in [0.05, 0.1) is 11.5 Å². The Bertz CT molecular complexity index is 624. The van der Waals surface area contributed by atoms with Gasteiger partial charge in [0.1, 0.15) is 0 Å². The number of hydrogen-bond acceptors (Lipinski definition) is 3. The minimum Gasteiger partial charge on any atom is -0.341 e. The molecule has 1 fully saturated rings. The first kappa shape index (κ1) is 16.0. The van der Waals surface area contributed by atoms with Crippen LogP contribution in [0.2, 0.25) is 0 Å². The second-order valence-electron chi connectivity index (χ2n) is 5.29. The molecule has 6 heteroatoms. The predicted octanol–water partition coefficient (Wildman–Crippen LogP) is 2.37. The molecule has 0 bridgehead atoms. The van der Waals surface area contributed by atoms with E-state index in [1.54, 1.807) is 6.08 Å². The quantitative estimate of drug-likeness (QED) is 0.681. The van der Waals surface area contributed by atoms with Gasteiger partial charge in [0.25, 0.3) is 0 Å². The van der Waals surface area contributed by atoms with E-state index in [2.05, 4.69) is 11.9 Å². The van der Waals surface area contributed by atoms with E-state index in [4.69, 9.17) is 12.2 Å². The second-order valence-corrected chi connectivity index (χ2v) is 7.91. The van der Waals surface area contributed by atoms with Crippen LogP contribution in [-0.2, 0) is 9.84 Å².